The van der Waals surface area contributed by atoms with Gasteiger partial charge in [0.25, 0.3) is 5.91 Å². The third kappa shape index (κ3) is 6.38. The van der Waals surface area contributed by atoms with Crippen LogP contribution in [0.25, 0.3) is 0 Å². The van der Waals surface area contributed by atoms with Crippen LogP contribution in [-0.4, -0.2) is 53.8 Å². The van der Waals surface area contributed by atoms with Crippen molar-refractivity contribution in [2.45, 2.75) is 37.3 Å². The molecule has 2 aliphatic heterocycles. The predicted octanol–water partition coefficient (Wildman–Crippen LogP) is 5.60. The summed E-state index contributed by atoms with van der Waals surface area (Å²) in [4.78, 5) is 19.4. The quantitative estimate of drug-likeness (QED) is 0.278. The predicted molar refractivity (Wildman–Crippen MR) is 158 cm³/mol. The molecule has 2 atom stereocenters. The fourth-order valence-corrected chi connectivity index (χ4v) is 5.61. The van der Waals surface area contributed by atoms with Crippen molar-refractivity contribution in [2.75, 3.05) is 26.3 Å². The molecule has 0 aromatic heterocycles. The summed E-state index contributed by atoms with van der Waals surface area (Å²) in [6.07, 6.45) is 2.36. The van der Waals surface area contributed by atoms with Gasteiger partial charge in [-0.05, 0) is 66.4 Å². The Bertz CT molecular complexity index is 1310. The zero-order valence-electron chi connectivity index (χ0n) is 21.5. The van der Waals surface area contributed by atoms with Crippen molar-refractivity contribution < 1.29 is 19.4 Å². The Morgan fingerprint density at radius 2 is 1.77 bits per heavy atom. The first-order chi connectivity index (χ1) is 19.0. The van der Waals surface area contributed by atoms with Gasteiger partial charge < -0.3 is 14.6 Å². The van der Waals surface area contributed by atoms with Gasteiger partial charge in [-0.15, -0.1) is 0 Å². The van der Waals surface area contributed by atoms with Gasteiger partial charge in [0.2, 0.25) is 5.90 Å². The van der Waals surface area contributed by atoms with Crippen LogP contribution >= 0.6 is 31.9 Å². The van der Waals surface area contributed by atoms with Crippen LogP contribution < -0.4 is 10.2 Å². The van der Waals surface area contributed by atoms with Gasteiger partial charge >= 0.3 is 0 Å². The zero-order chi connectivity index (χ0) is 27.2. The highest BCUT2D eigenvalue weighted by Gasteiger charge is 2.54. The lowest BCUT2D eigenvalue weighted by Gasteiger charge is -2.32. The maximum atomic E-state index is 14.3. The van der Waals surface area contributed by atoms with Crippen LogP contribution in [0.2, 0.25) is 0 Å². The molecule has 1 saturated heterocycles. The topological polar surface area (TPSA) is 83.4 Å². The number of halogens is 2. The van der Waals surface area contributed by atoms with Crippen molar-refractivity contribution in [3.63, 3.8) is 0 Å². The van der Waals surface area contributed by atoms with Crippen LogP contribution in [0, 0.1) is 0 Å². The highest BCUT2D eigenvalue weighted by Crippen LogP contribution is 2.43. The smallest absolute Gasteiger partial charge is 0.266 e. The lowest BCUT2D eigenvalue weighted by molar-refractivity contribution is -0.133. The SMILES string of the molecule is O=C(NN1CCCC1)[C@@]1(Cc2ccccc2Br)N=C(c2ccc(OCCCO)cc2)O[C@H]1c1ccc(Br)cc1. The maximum Gasteiger partial charge on any atom is 0.266 e. The van der Waals surface area contributed by atoms with Crippen molar-refractivity contribution >= 4 is 43.7 Å². The largest absolute Gasteiger partial charge is 0.494 e. The van der Waals surface area contributed by atoms with Gasteiger partial charge in [0.15, 0.2) is 11.6 Å². The highest BCUT2D eigenvalue weighted by atomic mass is 79.9. The number of rotatable bonds is 10. The molecule has 39 heavy (non-hydrogen) atoms. The fourth-order valence-electron chi connectivity index (χ4n) is 4.92. The van der Waals surface area contributed by atoms with E-state index in [0.29, 0.717) is 31.1 Å². The molecular weight excluding hydrogens is 626 g/mol. The molecule has 3 aromatic rings. The number of aliphatic hydroxyl groups is 1. The molecule has 1 amide bonds. The summed E-state index contributed by atoms with van der Waals surface area (Å²) in [5, 5.41) is 11.0. The van der Waals surface area contributed by atoms with Gasteiger partial charge in [-0.2, -0.15) is 0 Å². The molecule has 2 heterocycles. The minimum atomic E-state index is -1.24. The number of carbonyl (C=O) groups excluding carboxylic acids is 1. The van der Waals surface area contributed by atoms with E-state index in [1.807, 2.05) is 77.8 Å². The number of nitrogens with zero attached hydrogens (tertiary/aromatic N) is 2. The lowest BCUT2D eigenvalue weighted by Crippen LogP contribution is -2.54. The third-order valence-corrected chi connectivity index (χ3v) is 8.29. The van der Waals surface area contributed by atoms with Crippen LogP contribution in [0.1, 0.15) is 42.1 Å². The van der Waals surface area contributed by atoms with E-state index in [1.165, 1.54) is 0 Å². The van der Waals surface area contributed by atoms with Gasteiger partial charge in [0.05, 0.1) is 6.61 Å². The summed E-state index contributed by atoms with van der Waals surface area (Å²) in [6, 6.07) is 23.3. The van der Waals surface area contributed by atoms with E-state index in [-0.39, 0.29) is 12.5 Å². The lowest BCUT2D eigenvalue weighted by atomic mass is 9.82. The Morgan fingerprint density at radius 3 is 2.46 bits per heavy atom. The van der Waals surface area contributed by atoms with Crippen LogP contribution in [-0.2, 0) is 16.0 Å². The molecular formula is C30H31Br2N3O4. The number of nitrogens with one attached hydrogen (secondary N) is 1. The van der Waals surface area contributed by atoms with E-state index in [4.69, 9.17) is 19.6 Å². The molecule has 204 valence electrons. The zero-order valence-corrected chi connectivity index (χ0v) is 24.7. The van der Waals surface area contributed by atoms with Crippen LogP contribution in [0.3, 0.4) is 0 Å². The average Bonchev–Trinajstić information content (AvgIpc) is 3.60. The van der Waals surface area contributed by atoms with Crippen molar-refractivity contribution in [3.8, 4) is 5.75 Å². The minimum Gasteiger partial charge on any atom is -0.494 e. The highest BCUT2D eigenvalue weighted by molar-refractivity contribution is 9.10. The summed E-state index contributed by atoms with van der Waals surface area (Å²) in [7, 11) is 0. The number of aliphatic imine (C=N–C) groups is 1. The van der Waals surface area contributed by atoms with E-state index >= 15 is 0 Å². The summed E-state index contributed by atoms with van der Waals surface area (Å²) >= 11 is 7.20. The molecule has 9 heteroatoms. The first kappa shape index (κ1) is 27.8. The monoisotopic (exact) mass is 655 g/mol. The third-order valence-electron chi connectivity index (χ3n) is 6.99. The summed E-state index contributed by atoms with van der Waals surface area (Å²) < 4.78 is 14.1. The van der Waals surface area contributed by atoms with Gasteiger partial charge in [0.1, 0.15) is 5.75 Å². The Balaban J connectivity index is 1.56. The molecule has 0 saturated carbocycles. The van der Waals surface area contributed by atoms with Gasteiger partial charge in [-0.25, -0.2) is 10.0 Å². The Morgan fingerprint density at radius 1 is 1.05 bits per heavy atom. The van der Waals surface area contributed by atoms with Gasteiger partial charge in [-0.3, -0.25) is 10.2 Å². The number of aliphatic hydroxyl groups excluding tert-OH is 1. The van der Waals surface area contributed by atoms with E-state index < -0.39 is 11.6 Å². The van der Waals surface area contributed by atoms with Crippen molar-refractivity contribution in [1.82, 2.24) is 10.4 Å². The second-order valence-electron chi connectivity index (χ2n) is 9.74. The van der Waals surface area contributed by atoms with Crippen molar-refractivity contribution in [2.24, 2.45) is 4.99 Å². The molecule has 2 N–H and O–H groups in total. The van der Waals surface area contributed by atoms with Gasteiger partial charge in [0, 0.05) is 47.0 Å². The molecule has 0 aliphatic carbocycles. The summed E-state index contributed by atoms with van der Waals surface area (Å²) in [5.74, 6) is 0.919. The molecule has 1 fully saturated rings. The second-order valence-corrected chi connectivity index (χ2v) is 11.5. The van der Waals surface area contributed by atoms with E-state index in [2.05, 4.69) is 37.3 Å². The van der Waals surface area contributed by atoms with E-state index in [0.717, 1.165) is 51.6 Å². The summed E-state index contributed by atoms with van der Waals surface area (Å²) in [5.41, 5.74) is 4.51. The molecule has 3 aromatic carbocycles. The molecule has 2 aliphatic rings. The number of ether oxygens (including phenoxy) is 2. The Kier molecular flexibility index (Phi) is 9.02. The Hall–Kier alpha value is -2.72. The van der Waals surface area contributed by atoms with E-state index in [1.54, 1.807) is 0 Å². The summed E-state index contributed by atoms with van der Waals surface area (Å²) in [6.45, 7) is 2.15. The molecule has 7 nitrogen and oxygen atoms in total. The van der Waals surface area contributed by atoms with Crippen LogP contribution in [0.15, 0.2) is 86.7 Å². The molecule has 0 bridgehead atoms. The van der Waals surface area contributed by atoms with Crippen LogP contribution in [0.4, 0.5) is 0 Å². The average molecular weight is 657 g/mol. The number of benzene rings is 3. The minimum absolute atomic E-state index is 0.0826. The van der Waals surface area contributed by atoms with E-state index in [9.17, 15) is 4.79 Å². The number of hydrogen-bond donors (Lipinski definition) is 2. The first-order valence-corrected chi connectivity index (χ1v) is 14.7. The van der Waals surface area contributed by atoms with Crippen molar-refractivity contribution in [3.05, 3.63) is 98.4 Å². The fraction of sp³-hybridized carbons (Fsp3) is 0.333. The molecule has 0 spiro atoms. The number of hydrogen-bond acceptors (Lipinski definition) is 6. The van der Waals surface area contributed by atoms with Gasteiger partial charge in [-0.1, -0.05) is 62.2 Å². The molecule has 0 unspecified atom stereocenters. The van der Waals surface area contributed by atoms with Crippen molar-refractivity contribution in [1.29, 1.82) is 0 Å². The normalized spacial score (nSPS) is 20.9. The first-order valence-electron chi connectivity index (χ1n) is 13.1. The molecule has 0 radical (unpaired) electrons. The number of carbonyl (C=O) groups is 1. The number of hydrazine groups is 1. The second kappa shape index (κ2) is 12.6. The maximum absolute atomic E-state index is 14.3. The number of amides is 1. The standard InChI is InChI=1S/C30H31Br2N3O4/c31-24-12-8-21(9-13-24)27-30(20-23-6-1-2-7-26(23)32,29(37)34-35-16-3-4-17-35)33-28(39-27)22-10-14-25(15-11-22)38-19-5-18-36/h1-2,6-15,27,36H,3-5,16-20H2,(H,34,37)/t27-,30-/m0/s1. The Labute approximate surface area is 245 Å². The molecule has 5 rings (SSSR count). The van der Waals surface area contributed by atoms with Crippen LogP contribution in [0.5, 0.6) is 5.75 Å².